The van der Waals surface area contributed by atoms with E-state index in [1.807, 2.05) is 47.0 Å². The van der Waals surface area contributed by atoms with Gasteiger partial charge in [0.25, 0.3) is 5.91 Å². The summed E-state index contributed by atoms with van der Waals surface area (Å²) >= 11 is 0. The zero-order chi connectivity index (χ0) is 24.5. The van der Waals surface area contributed by atoms with Crippen molar-refractivity contribution >= 4 is 22.9 Å². The van der Waals surface area contributed by atoms with E-state index in [4.69, 9.17) is 9.47 Å². The molecule has 0 aliphatic carbocycles. The largest absolute Gasteiger partial charge is 0.494 e. The van der Waals surface area contributed by atoms with Gasteiger partial charge in [0, 0.05) is 37.1 Å². The molecule has 0 unspecified atom stereocenters. The number of fused-ring (bicyclic) bond motifs is 1. The van der Waals surface area contributed by atoms with Crippen molar-refractivity contribution in [1.29, 1.82) is 0 Å². The molecule has 0 fully saturated rings. The predicted molar refractivity (Wildman–Crippen MR) is 132 cm³/mol. The number of carbonyl (C=O) groups excluding carboxylic acids is 2. The van der Waals surface area contributed by atoms with Gasteiger partial charge in [0.2, 0.25) is 0 Å². The Morgan fingerprint density at radius 2 is 1.83 bits per heavy atom. The van der Waals surface area contributed by atoms with Gasteiger partial charge in [-0.25, -0.2) is 4.98 Å². The van der Waals surface area contributed by atoms with E-state index >= 15 is 0 Å². The van der Waals surface area contributed by atoms with Gasteiger partial charge in [0.15, 0.2) is 0 Å². The highest BCUT2D eigenvalue weighted by molar-refractivity contribution is 5.97. The van der Waals surface area contributed by atoms with Gasteiger partial charge in [0.1, 0.15) is 12.1 Å². The van der Waals surface area contributed by atoms with Crippen LogP contribution < -0.4 is 10.1 Å². The fourth-order valence-electron chi connectivity index (χ4n) is 3.64. The topological polar surface area (TPSA) is 95.3 Å². The minimum atomic E-state index is -0.241. The Balaban J connectivity index is 1.31. The van der Waals surface area contributed by atoms with E-state index < -0.39 is 0 Å². The van der Waals surface area contributed by atoms with E-state index in [-0.39, 0.29) is 11.9 Å². The van der Waals surface area contributed by atoms with Gasteiger partial charge in [-0.15, -0.1) is 0 Å². The Morgan fingerprint density at radius 3 is 2.60 bits per heavy atom. The zero-order valence-corrected chi connectivity index (χ0v) is 19.6. The number of hydrogen-bond acceptors (Lipinski definition) is 6. The molecule has 1 amide bonds. The monoisotopic (exact) mass is 472 g/mol. The van der Waals surface area contributed by atoms with Crippen LogP contribution in [-0.2, 0) is 16.1 Å². The molecular formula is C27H28N4O4. The van der Waals surface area contributed by atoms with Crippen LogP contribution in [0.3, 0.4) is 0 Å². The number of amides is 1. The number of ether oxygens (including phenoxy) is 2. The molecule has 35 heavy (non-hydrogen) atoms. The van der Waals surface area contributed by atoms with Gasteiger partial charge in [0.05, 0.1) is 24.2 Å². The van der Waals surface area contributed by atoms with Crippen LogP contribution in [0.1, 0.15) is 42.1 Å². The molecule has 0 bridgehead atoms. The second-order valence-corrected chi connectivity index (χ2v) is 8.11. The number of imidazole rings is 1. The van der Waals surface area contributed by atoms with Crippen LogP contribution in [0.4, 0.5) is 0 Å². The normalized spacial score (nSPS) is 10.8. The van der Waals surface area contributed by atoms with Crippen LogP contribution in [0.25, 0.3) is 16.7 Å². The molecule has 8 nitrogen and oxygen atoms in total. The van der Waals surface area contributed by atoms with Crippen LogP contribution in [0.15, 0.2) is 73.3 Å². The molecule has 0 saturated heterocycles. The van der Waals surface area contributed by atoms with Crippen molar-refractivity contribution in [2.45, 2.75) is 32.7 Å². The fourth-order valence-corrected chi connectivity index (χ4v) is 3.64. The molecule has 180 valence electrons. The molecule has 2 aromatic carbocycles. The van der Waals surface area contributed by atoms with Crippen molar-refractivity contribution < 1.29 is 19.1 Å². The Kier molecular flexibility index (Phi) is 8.06. The highest BCUT2D eigenvalue weighted by atomic mass is 16.5. The SMILES string of the molecule is CC(=O)OCCCCCOc1ccc(-n2cnc3cc(C(=O)NCc4cccnc4)ccc32)cc1. The number of aromatic nitrogens is 3. The minimum Gasteiger partial charge on any atom is -0.494 e. The molecule has 2 aromatic heterocycles. The zero-order valence-electron chi connectivity index (χ0n) is 19.6. The maximum atomic E-state index is 12.6. The summed E-state index contributed by atoms with van der Waals surface area (Å²) in [6.45, 7) is 2.91. The Bertz CT molecular complexity index is 1270. The summed E-state index contributed by atoms with van der Waals surface area (Å²) in [5.74, 6) is 0.402. The third kappa shape index (κ3) is 6.66. The lowest BCUT2D eigenvalue weighted by molar-refractivity contribution is -0.141. The average Bonchev–Trinajstić information content (AvgIpc) is 3.31. The van der Waals surface area contributed by atoms with Crippen LogP contribution >= 0.6 is 0 Å². The van der Waals surface area contributed by atoms with Crippen LogP contribution in [-0.4, -0.2) is 39.6 Å². The van der Waals surface area contributed by atoms with Gasteiger partial charge in [-0.05, 0) is 73.4 Å². The predicted octanol–water partition coefficient (Wildman–Crippen LogP) is 4.46. The molecule has 1 N–H and O–H groups in total. The number of esters is 1. The molecule has 8 heteroatoms. The lowest BCUT2D eigenvalue weighted by atomic mass is 10.1. The summed E-state index contributed by atoms with van der Waals surface area (Å²) in [6.07, 6.45) is 7.86. The summed E-state index contributed by atoms with van der Waals surface area (Å²) < 4.78 is 12.7. The Morgan fingerprint density at radius 1 is 1.00 bits per heavy atom. The standard InChI is InChI=1S/C27H28N4O4/c1-20(32)34-14-3-2-4-15-35-24-10-8-23(9-11-24)31-19-30-25-16-22(7-12-26(25)31)27(33)29-18-21-6-5-13-28-17-21/h5-13,16-17,19H,2-4,14-15,18H2,1H3,(H,29,33). The van der Waals surface area contributed by atoms with E-state index in [2.05, 4.69) is 15.3 Å². The lowest BCUT2D eigenvalue weighted by Crippen LogP contribution is -2.22. The highest BCUT2D eigenvalue weighted by Gasteiger charge is 2.10. The number of unbranched alkanes of at least 4 members (excludes halogenated alkanes) is 2. The molecule has 0 atom stereocenters. The van der Waals surface area contributed by atoms with Crippen LogP contribution in [0.5, 0.6) is 5.75 Å². The van der Waals surface area contributed by atoms with E-state index in [1.54, 1.807) is 30.9 Å². The smallest absolute Gasteiger partial charge is 0.302 e. The first-order valence-corrected chi connectivity index (χ1v) is 11.6. The van der Waals surface area contributed by atoms with Crippen molar-refractivity contribution in [3.8, 4) is 11.4 Å². The quantitative estimate of drug-likeness (QED) is 0.256. The number of nitrogens with one attached hydrogen (secondary N) is 1. The molecule has 0 aliphatic rings. The Labute approximate surface area is 203 Å². The van der Waals surface area contributed by atoms with E-state index in [1.165, 1.54) is 6.92 Å². The third-order valence-corrected chi connectivity index (χ3v) is 5.46. The summed E-state index contributed by atoms with van der Waals surface area (Å²) in [5, 5.41) is 2.91. The number of nitrogens with zero attached hydrogens (tertiary/aromatic N) is 3. The van der Waals surface area contributed by atoms with Crippen molar-refractivity contribution in [2.24, 2.45) is 0 Å². The highest BCUT2D eigenvalue weighted by Crippen LogP contribution is 2.22. The summed E-state index contributed by atoms with van der Waals surface area (Å²) in [6, 6.07) is 17.1. The molecule has 0 saturated carbocycles. The van der Waals surface area contributed by atoms with Crippen molar-refractivity contribution in [3.05, 3.63) is 84.4 Å². The number of rotatable bonds is 11. The first-order chi connectivity index (χ1) is 17.1. The third-order valence-electron chi connectivity index (χ3n) is 5.46. The molecule has 0 spiro atoms. The summed E-state index contributed by atoms with van der Waals surface area (Å²) in [7, 11) is 0. The van der Waals surface area contributed by atoms with E-state index in [0.29, 0.717) is 25.3 Å². The maximum absolute atomic E-state index is 12.6. The number of benzene rings is 2. The second-order valence-electron chi connectivity index (χ2n) is 8.11. The van der Waals surface area contributed by atoms with Crippen LogP contribution in [0, 0.1) is 0 Å². The molecule has 4 aromatic rings. The van der Waals surface area contributed by atoms with E-state index in [9.17, 15) is 9.59 Å². The molecular weight excluding hydrogens is 444 g/mol. The van der Waals surface area contributed by atoms with E-state index in [0.717, 1.165) is 47.3 Å². The fraction of sp³-hybridized carbons (Fsp3) is 0.259. The summed E-state index contributed by atoms with van der Waals surface area (Å²) in [5.41, 5.74) is 4.11. The first kappa shape index (κ1) is 23.9. The molecule has 0 aliphatic heterocycles. The molecule has 4 rings (SSSR count). The summed E-state index contributed by atoms with van der Waals surface area (Å²) in [4.78, 5) is 31.9. The van der Waals surface area contributed by atoms with Gasteiger partial charge < -0.3 is 14.8 Å². The van der Waals surface area contributed by atoms with Crippen LogP contribution in [0.2, 0.25) is 0 Å². The first-order valence-electron chi connectivity index (χ1n) is 11.6. The molecule has 2 heterocycles. The van der Waals surface area contributed by atoms with Gasteiger partial charge in [-0.1, -0.05) is 6.07 Å². The number of pyridine rings is 1. The van der Waals surface area contributed by atoms with Crippen molar-refractivity contribution in [3.63, 3.8) is 0 Å². The number of hydrogen-bond donors (Lipinski definition) is 1. The lowest BCUT2D eigenvalue weighted by Gasteiger charge is -2.09. The van der Waals surface area contributed by atoms with Gasteiger partial charge in [-0.2, -0.15) is 0 Å². The Hall–Kier alpha value is -4.20. The minimum absolute atomic E-state index is 0.154. The van der Waals surface area contributed by atoms with Crippen molar-refractivity contribution in [2.75, 3.05) is 13.2 Å². The average molecular weight is 473 g/mol. The maximum Gasteiger partial charge on any atom is 0.302 e. The van der Waals surface area contributed by atoms with Crippen molar-refractivity contribution in [1.82, 2.24) is 19.9 Å². The second kappa shape index (κ2) is 11.8. The number of carbonyl (C=O) groups is 2. The van der Waals surface area contributed by atoms with Gasteiger partial charge in [-0.3, -0.25) is 19.1 Å². The molecule has 0 radical (unpaired) electrons. The van der Waals surface area contributed by atoms with Gasteiger partial charge >= 0.3 is 5.97 Å².